The van der Waals surface area contributed by atoms with E-state index in [2.05, 4.69) is 5.32 Å². The number of aromatic hydroxyl groups is 1. The second kappa shape index (κ2) is 5.14. The Morgan fingerprint density at radius 1 is 1.60 bits per heavy atom. The molecule has 3 nitrogen and oxygen atoms in total. The lowest BCUT2D eigenvalue weighted by Crippen LogP contribution is -2.19. The zero-order valence-corrected chi connectivity index (χ0v) is 8.33. The maximum Gasteiger partial charge on any atom is 0.217 e. The molecule has 1 rings (SSSR count). The van der Waals surface area contributed by atoms with Gasteiger partial charge in [-0.15, -0.1) is 0 Å². The summed E-state index contributed by atoms with van der Waals surface area (Å²) in [6, 6.07) is 3.69. The molecule has 1 aromatic rings. The fraction of sp³-hybridized carbons (Fsp3) is 0.182. The van der Waals surface area contributed by atoms with Crippen molar-refractivity contribution in [1.82, 2.24) is 5.32 Å². The summed E-state index contributed by atoms with van der Waals surface area (Å²) < 4.78 is 12.8. The van der Waals surface area contributed by atoms with Gasteiger partial charge in [0.05, 0.1) is 0 Å². The summed E-state index contributed by atoms with van der Waals surface area (Å²) in [7, 11) is 0. The van der Waals surface area contributed by atoms with Crippen LogP contribution >= 0.6 is 0 Å². The van der Waals surface area contributed by atoms with E-state index in [0.717, 1.165) is 0 Å². The summed E-state index contributed by atoms with van der Waals surface area (Å²) in [6.45, 7) is 1.76. The number of benzene rings is 1. The summed E-state index contributed by atoms with van der Waals surface area (Å²) >= 11 is 0. The topological polar surface area (TPSA) is 49.3 Å². The molecule has 0 radical (unpaired) electrons. The molecule has 0 spiro atoms. The highest BCUT2D eigenvalue weighted by Crippen LogP contribution is 2.18. The van der Waals surface area contributed by atoms with Gasteiger partial charge >= 0.3 is 0 Å². The monoisotopic (exact) mass is 209 g/mol. The van der Waals surface area contributed by atoms with Gasteiger partial charge in [-0.3, -0.25) is 4.79 Å². The van der Waals surface area contributed by atoms with E-state index in [1.165, 1.54) is 25.1 Å². The van der Waals surface area contributed by atoms with Crippen LogP contribution in [0.1, 0.15) is 12.5 Å². The number of phenols is 1. The molecule has 1 amide bonds. The first kappa shape index (κ1) is 11.2. The van der Waals surface area contributed by atoms with Gasteiger partial charge in [0.25, 0.3) is 0 Å². The van der Waals surface area contributed by atoms with Crippen molar-refractivity contribution in [3.63, 3.8) is 0 Å². The molecule has 0 heterocycles. The van der Waals surface area contributed by atoms with Crippen LogP contribution in [-0.2, 0) is 4.79 Å². The van der Waals surface area contributed by atoms with Crippen LogP contribution in [-0.4, -0.2) is 17.6 Å². The lowest BCUT2D eigenvalue weighted by molar-refractivity contribution is -0.118. The maximum absolute atomic E-state index is 12.8. The Morgan fingerprint density at radius 2 is 2.33 bits per heavy atom. The predicted molar refractivity (Wildman–Crippen MR) is 55.8 cm³/mol. The minimum absolute atomic E-state index is 0.00970. The summed E-state index contributed by atoms with van der Waals surface area (Å²) in [5, 5.41) is 11.9. The molecule has 0 atom stereocenters. The molecule has 0 bridgehead atoms. The quantitative estimate of drug-likeness (QED) is 0.795. The molecule has 0 saturated heterocycles. The lowest BCUT2D eigenvalue weighted by Gasteiger charge is -1.99. The average molecular weight is 209 g/mol. The highest BCUT2D eigenvalue weighted by molar-refractivity contribution is 5.73. The van der Waals surface area contributed by atoms with Crippen molar-refractivity contribution in [3.8, 4) is 5.75 Å². The number of hydrogen-bond acceptors (Lipinski definition) is 2. The van der Waals surface area contributed by atoms with Gasteiger partial charge < -0.3 is 10.4 Å². The van der Waals surface area contributed by atoms with Crippen LogP contribution in [0.2, 0.25) is 0 Å². The van der Waals surface area contributed by atoms with Gasteiger partial charge in [-0.1, -0.05) is 12.2 Å². The van der Waals surface area contributed by atoms with Gasteiger partial charge in [0.1, 0.15) is 11.6 Å². The molecular formula is C11H12FNO2. The van der Waals surface area contributed by atoms with Crippen LogP contribution in [0.4, 0.5) is 4.39 Å². The van der Waals surface area contributed by atoms with Gasteiger partial charge in [-0.25, -0.2) is 4.39 Å². The number of amides is 1. The highest BCUT2D eigenvalue weighted by Gasteiger charge is 1.98. The fourth-order valence-corrected chi connectivity index (χ4v) is 1.05. The van der Waals surface area contributed by atoms with Crippen molar-refractivity contribution in [2.45, 2.75) is 6.92 Å². The first-order chi connectivity index (χ1) is 7.09. The Kier molecular flexibility index (Phi) is 3.85. The molecule has 2 N–H and O–H groups in total. The first-order valence-electron chi connectivity index (χ1n) is 4.49. The molecule has 1 aromatic carbocycles. The Morgan fingerprint density at radius 3 is 3.00 bits per heavy atom. The van der Waals surface area contributed by atoms with Crippen LogP contribution in [0.15, 0.2) is 24.3 Å². The molecule has 0 unspecified atom stereocenters. The number of halogens is 1. The van der Waals surface area contributed by atoms with Crippen LogP contribution in [0, 0.1) is 5.82 Å². The van der Waals surface area contributed by atoms with Crippen molar-refractivity contribution in [3.05, 3.63) is 35.7 Å². The van der Waals surface area contributed by atoms with Crippen molar-refractivity contribution < 1.29 is 14.3 Å². The molecule has 4 heteroatoms. The van der Waals surface area contributed by atoms with E-state index in [9.17, 15) is 14.3 Å². The highest BCUT2D eigenvalue weighted by atomic mass is 19.1. The number of rotatable bonds is 3. The van der Waals surface area contributed by atoms with Gasteiger partial charge in [0.15, 0.2) is 0 Å². The summed E-state index contributed by atoms with van der Waals surface area (Å²) in [5.41, 5.74) is 0.389. The third-order valence-corrected chi connectivity index (χ3v) is 1.76. The second-order valence-electron chi connectivity index (χ2n) is 3.04. The molecule has 15 heavy (non-hydrogen) atoms. The molecular weight excluding hydrogens is 197 g/mol. The molecule has 80 valence electrons. The Hall–Kier alpha value is -1.84. The zero-order chi connectivity index (χ0) is 11.3. The standard InChI is InChI=1S/C11H12FNO2/c1-8(14)13-6-2-3-9-7-10(12)4-5-11(9)15/h2-5,7,15H,6H2,1H3,(H,13,14). The summed E-state index contributed by atoms with van der Waals surface area (Å²) in [4.78, 5) is 10.5. The summed E-state index contributed by atoms with van der Waals surface area (Å²) in [5.74, 6) is -0.537. The van der Waals surface area contributed by atoms with Crippen molar-refractivity contribution in [1.29, 1.82) is 0 Å². The van der Waals surface area contributed by atoms with Crippen LogP contribution in [0.25, 0.3) is 6.08 Å². The third kappa shape index (κ3) is 3.81. The first-order valence-corrected chi connectivity index (χ1v) is 4.49. The molecule has 0 aliphatic heterocycles. The molecule has 0 saturated carbocycles. The molecule has 0 aromatic heterocycles. The third-order valence-electron chi connectivity index (χ3n) is 1.76. The zero-order valence-electron chi connectivity index (χ0n) is 8.33. The largest absolute Gasteiger partial charge is 0.507 e. The maximum atomic E-state index is 12.8. The van der Waals surface area contributed by atoms with Crippen molar-refractivity contribution in [2.24, 2.45) is 0 Å². The van der Waals surface area contributed by atoms with E-state index in [1.807, 2.05) is 0 Å². The van der Waals surface area contributed by atoms with Gasteiger partial charge in [0, 0.05) is 19.0 Å². The SMILES string of the molecule is CC(=O)NCC=Cc1cc(F)ccc1O. The number of carbonyl (C=O) groups excluding carboxylic acids is 1. The smallest absolute Gasteiger partial charge is 0.217 e. The van der Waals surface area contributed by atoms with Gasteiger partial charge in [-0.05, 0) is 18.2 Å². The average Bonchev–Trinajstić information content (AvgIpc) is 2.17. The van der Waals surface area contributed by atoms with E-state index in [-0.39, 0.29) is 11.7 Å². The Balaban J connectivity index is 2.63. The van der Waals surface area contributed by atoms with Crippen LogP contribution in [0.3, 0.4) is 0 Å². The van der Waals surface area contributed by atoms with E-state index in [1.54, 1.807) is 12.2 Å². The van der Waals surface area contributed by atoms with Gasteiger partial charge in [0.2, 0.25) is 5.91 Å². The van der Waals surface area contributed by atoms with E-state index >= 15 is 0 Å². The number of hydrogen-bond donors (Lipinski definition) is 2. The fourth-order valence-electron chi connectivity index (χ4n) is 1.05. The minimum atomic E-state index is -0.410. The van der Waals surface area contributed by atoms with Crippen LogP contribution < -0.4 is 5.32 Å². The summed E-state index contributed by atoms with van der Waals surface area (Å²) in [6.07, 6.45) is 3.18. The van der Waals surface area contributed by atoms with Crippen molar-refractivity contribution in [2.75, 3.05) is 6.54 Å². The molecule has 0 fully saturated rings. The van der Waals surface area contributed by atoms with Crippen molar-refractivity contribution >= 4 is 12.0 Å². The van der Waals surface area contributed by atoms with E-state index in [0.29, 0.717) is 12.1 Å². The van der Waals surface area contributed by atoms with E-state index in [4.69, 9.17) is 0 Å². The minimum Gasteiger partial charge on any atom is -0.507 e. The normalized spacial score (nSPS) is 10.5. The molecule has 0 aliphatic rings. The number of carbonyl (C=O) groups is 1. The lowest BCUT2D eigenvalue weighted by atomic mass is 10.2. The number of phenolic OH excluding ortho intramolecular Hbond substituents is 1. The second-order valence-corrected chi connectivity index (χ2v) is 3.04. The Labute approximate surface area is 87.2 Å². The van der Waals surface area contributed by atoms with E-state index < -0.39 is 5.82 Å². The predicted octanol–water partition coefficient (Wildman–Crippen LogP) is 1.68. The molecule has 0 aliphatic carbocycles. The Bertz CT molecular complexity index is 388. The van der Waals surface area contributed by atoms with Gasteiger partial charge in [-0.2, -0.15) is 0 Å². The van der Waals surface area contributed by atoms with Crippen LogP contribution in [0.5, 0.6) is 5.75 Å². The number of nitrogens with one attached hydrogen (secondary N) is 1.